The standard InChI is InChI=1S/H12O4Si5.H10O3Si4/c5-1-7-3-9-4-8-2-6;4-1-6-3-7-2-5/h7-9H2,5-6H3;6-7H2,4-5H3. The summed E-state index contributed by atoms with van der Waals surface area (Å²) in [6.07, 6.45) is 0. The monoisotopic (exact) mass is 386 g/mol. The summed E-state index contributed by atoms with van der Waals surface area (Å²) >= 11 is 0. The zero-order valence-electron chi connectivity index (χ0n) is 10.4. The minimum absolute atomic E-state index is 0.569. The van der Waals surface area contributed by atoms with Crippen molar-refractivity contribution in [1.29, 1.82) is 0 Å². The van der Waals surface area contributed by atoms with Crippen molar-refractivity contribution in [2.75, 3.05) is 0 Å². The lowest BCUT2D eigenvalue weighted by atomic mass is 15.7. The van der Waals surface area contributed by atoms with Gasteiger partial charge in [0.1, 0.15) is 41.9 Å². The van der Waals surface area contributed by atoms with E-state index in [4.69, 9.17) is 28.8 Å². The highest BCUT2D eigenvalue weighted by Gasteiger charge is 1.86. The molecule has 0 bridgehead atoms. The largest absolute Gasteiger partial charge is 0.449 e. The molecule has 0 unspecified atom stereocenters. The Labute approximate surface area is 120 Å². The fourth-order valence-electron chi connectivity index (χ4n) is 0.494. The molecule has 16 heteroatoms. The molecule has 0 N–H and O–H groups in total. The Morgan fingerprint density at radius 1 is 0.438 bits per heavy atom. The molecule has 100 valence electrons. The maximum atomic E-state index is 5.12. The quantitative estimate of drug-likeness (QED) is 0.273. The van der Waals surface area contributed by atoms with Gasteiger partial charge in [0.25, 0.3) is 50.0 Å². The van der Waals surface area contributed by atoms with E-state index < -0.39 is 50.0 Å². The second kappa shape index (κ2) is 21.9. The van der Waals surface area contributed by atoms with Crippen LogP contribution in [0.5, 0.6) is 0 Å². The van der Waals surface area contributed by atoms with E-state index in [9.17, 15) is 0 Å². The summed E-state index contributed by atoms with van der Waals surface area (Å²) in [7, 11) is 0.149. The minimum Gasteiger partial charge on any atom is -0.449 e. The minimum atomic E-state index is -0.693. The predicted molar refractivity (Wildman–Crippen MR) is 90.1 cm³/mol. The van der Waals surface area contributed by atoms with E-state index in [1.54, 1.807) is 0 Å². The molecule has 0 aromatic rings. The molecule has 0 radical (unpaired) electrons. The average Bonchev–Trinajstić information content (AvgIpc) is 2.31. The highest BCUT2D eigenvalue weighted by atomic mass is 28.4. The Morgan fingerprint density at radius 2 is 0.688 bits per heavy atom. The maximum absolute atomic E-state index is 5.12. The molecule has 16 heavy (non-hydrogen) atoms. The van der Waals surface area contributed by atoms with E-state index in [1.165, 1.54) is 0 Å². The van der Waals surface area contributed by atoms with Gasteiger partial charge in [0, 0.05) is 0 Å². The number of rotatable bonds is 10. The Morgan fingerprint density at radius 3 is 0.938 bits per heavy atom. The van der Waals surface area contributed by atoms with E-state index in [0.717, 1.165) is 41.9 Å². The van der Waals surface area contributed by atoms with Gasteiger partial charge in [0.05, 0.1) is 0 Å². The van der Waals surface area contributed by atoms with Crippen LogP contribution in [0.25, 0.3) is 0 Å². The smallest absolute Gasteiger partial charge is 0.286 e. The summed E-state index contributed by atoms with van der Waals surface area (Å²) in [5.74, 6) is 0. The molecule has 0 saturated carbocycles. The molecule has 0 atom stereocenters. The van der Waals surface area contributed by atoms with Crippen LogP contribution >= 0.6 is 0 Å². The van der Waals surface area contributed by atoms with Gasteiger partial charge < -0.3 is 28.8 Å². The molecule has 0 heterocycles. The fraction of sp³-hybridized carbons (Fsp3) is 0. The fourth-order valence-corrected chi connectivity index (χ4v) is 11.5. The van der Waals surface area contributed by atoms with E-state index in [1.807, 2.05) is 0 Å². The molecule has 0 amide bonds. The highest BCUT2D eigenvalue weighted by molar-refractivity contribution is 6.44. The molecule has 0 saturated heterocycles. The van der Waals surface area contributed by atoms with Crippen LogP contribution in [-0.4, -0.2) is 92.0 Å². The number of hydrogen-bond donors (Lipinski definition) is 0. The lowest BCUT2D eigenvalue weighted by molar-refractivity contribution is 0.410. The van der Waals surface area contributed by atoms with Crippen molar-refractivity contribution in [2.24, 2.45) is 0 Å². The lowest BCUT2D eigenvalue weighted by Gasteiger charge is -2.01. The maximum Gasteiger partial charge on any atom is 0.286 e. The van der Waals surface area contributed by atoms with Crippen LogP contribution in [0.1, 0.15) is 0 Å². The van der Waals surface area contributed by atoms with Crippen LogP contribution in [0.15, 0.2) is 0 Å². The van der Waals surface area contributed by atoms with E-state index in [-0.39, 0.29) is 0 Å². The van der Waals surface area contributed by atoms with Gasteiger partial charge in [-0.3, -0.25) is 0 Å². The van der Waals surface area contributed by atoms with Gasteiger partial charge in [-0.05, 0) is 0 Å². The molecular weight excluding hydrogens is 365 g/mol. The van der Waals surface area contributed by atoms with Crippen LogP contribution in [0.3, 0.4) is 0 Å². The summed E-state index contributed by atoms with van der Waals surface area (Å²) in [4.78, 5) is 0. The van der Waals surface area contributed by atoms with Crippen LogP contribution in [0.4, 0.5) is 0 Å². The highest BCUT2D eigenvalue weighted by Crippen LogP contribution is 1.69. The van der Waals surface area contributed by atoms with Crippen molar-refractivity contribution in [1.82, 2.24) is 0 Å². The van der Waals surface area contributed by atoms with Gasteiger partial charge in [-0.2, -0.15) is 0 Å². The Balaban J connectivity index is 0. The van der Waals surface area contributed by atoms with Gasteiger partial charge in [0.15, 0.2) is 0 Å². The van der Waals surface area contributed by atoms with E-state index in [2.05, 4.69) is 0 Å². The third-order valence-corrected chi connectivity index (χ3v) is 8.74. The number of hydrogen-bond acceptors (Lipinski definition) is 7. The third-order valence-electron chi connectivity index (χ3n) is 0.971. The molecule has 7 nitrogen and oxygen atoms in total. The molecule has 0 rings (SSSR count). The summed E-state index contributed by atoms with van der Waals surface area (Å²) in [6.45, 7) is 0. The molecule has 0 aliphatic carbocycles. The Hall–Kier alpha value is 1.67. The molecule has 0 spiro atoms. The zero-order valence-corrected chi connectivity index (χ0v) is 25.5. The van der Waals surface area contributed by atoms with Gasteiger partial charge in [-0.1, -0.05) is 0 Å². The lowest BCUT2D eigenvalue weighted by Crippen LogP contribution is -2.13. The average molecular weight is 387 g/mol. The summed E-state index contributed by atoms with van der Waals surface area (Å²) < 4.78 is 34.9. The van der Waals surface area contributed by atoms with Crippen molar-refractivity contribution in [3.63, 3.8) is 0 Å². The molecule has 0 aromatic heterocycles. The van der Waals surface area contributed by atoms with Crippen molar-refractivity contribution in [2.45, 2.75) is 0 Å². The molecule has 0 aliphatic heterocycles. The van der Waals surface area contributed by atoms with Crippen molar-refractivity contribution >= 4 is 92.0 Å². The zero-order chi connectivity index (χ0) is 12.5. The molecule has 0 fully saturated rings. The second-order valence-electron chi connectivity index (χ2n) is 2.36. The molecule has 0 aliphatic rings. The SMILES string of the molecule is [SiH3]O[SiH2]O[SiH2]O[SiH2]O[SiH3].[SiH3]O[SiH2]O[SiH2]O[SiH3]. The summed E-state index contributed by atoms with van der Waals surface area (Å²) in [6, 6.07) is 0. The predicted octanol–water partition coefficient (Wildman–Crippen LogP) is -9.80. The third kappa shape index (κ3) is 24.8. The Bertz CT molecular complexity index is 91.9. The topological polar surface area (TPSA) is 64.6 Å². The van der Waals surface area contributed by atoms with Crippen LogP contribution < -0.4 is 0 Å². The van der Waals surface area contributed by atoms with Gasteiger partial charge in [0.2, 0.25) is 0 Å². The Kier molecular flexibility index (Phi) is 27.4. The van der Waals surface area contributed by atoms with Crippen molar-refractivity contribution < 1.29 is 28.8 Å². The second-order valence-corrected chi connectivity index (χ2v) is 17.7. The molecule has 0 aromatic carbocycles. The first-order chi connectivity index (χ1) is 7.83. The van der Waals surface area contributed by atoms with Crippen LogP contribution in [0.2, 0.25) is 0 Å². The van der Waals surface area contributed by atoms with E-state index >= 15 is 0 Å². The van der Waals surface area contributed by atoms with Crippen LogP contribution in [0, 0.1) is 0 Å². The normalized spacial score (nSPS) is 14.2. The first kappa shape index (κ1) is 20.0. The first-order valence-corrected chi connectivity index (χ1v) is 13.6. The summed E-state index contributed by atoms with van der Waals surface area (Å²) in [5.41, 5.74) is 0. The van der Waals surface area contributed by atoms with Gasteiger partial charge >= 0.3 is 0 Å². The first-order valence-electron chi connectivity index (χ1n) is 4.52. The summed E-state index contributed by atoms with van der Waals surface area (Å²) in [5, 5.41) is 0. The van der Waals surface area contributed by atoms with Gasteiger partial charge in [-0.25, -0.2) is 0 Å². The van der Waals surface area contributed by atoms with Crippen molar-refractivity contribution in [3.8, 4) is 0 Å². The van der Waals surface area contributed by atoms with Crippen molar-refractivity contribution in [3.05, 3.63) is 0 Å². The van der Waals surface area contributed by atoms with Gasteiger partial charge in [-0.15, -0.1) is 0 Å². The molecular formula is H22O7Si9. The van der Waals surface area contributed by atoms with Crippen LogP contribution in [-0.2, 0) is 28.8 Å². The van der Waals surface area contributed by atoms with E-state index in [0.29, 0.717) is 0 Å².